The lowest BCUT2D eigenvalue weighted by Crippen LogP contribution is -1.85. The van der Waals surface area contributed by atoms with Crippen LogP contribution in [0, 0.1) is 10.1 Å². The zero-order valence-corrected chi connectivity index (χ0v) is 12.6. The molecule has 2 aromatic carbocycles. The Bertz CT molecular complexity index is 766. The molecule has 0 saturated heterocycles. The van der Waals surface area contributed by atoms with E-state index in [2.05, 4.69) is 4.98 Å². The molecule has 0 aliphatic heterocycles. The number of nitrogen functional groups attached to an aromatic ring is 1. The average Bonchev–Trinajstić information content (AvgIpc) is 2.92. The van der Waals surface area contributed by atoms with E-state index in [0.717, 1.165) is 20.8 Å². The average molecular weight is 301 g/mol. The summed E-state index contributed by atoms with van der Waals surface area (Å²) in [6, 6.07) is 12.1. The molecule has 0 aliphatic carbocycles. The number of nitro groups is 1. The first-order chi connectivity index (χ1) is 10.1. The highest BCUT2D eigenvalue weighted by Gasteiger charge is 2.11. The summed E-state index contributed by atoms with van der Waals surface area (Å²) in [7, 11) is 0. The molecule has 108 valence electrons. The third-order valence-corrected chi connectivity index (χ3v) is 3.81. The molecule has 5 nitrogen and oxygen atoms in total. The van der Waals surface area contributed by atoms with Crippen LogP contribution in [0.3, 0.4) is 0 Å². The molecule has 1 aromatic heterocycles. The predicted octanol–water partition coefficient (Wildman–Crippen LogP) is 4.48. The van der Waals surface area contributed by atoms with Gasteiger partial charge in [-0.25, -0.2) is 4.98 Å². The number of nitro benzene ring substituents is 1. The Hall–Kier alpha value is -2.47. The molecule has 21 heavy (non-hydrogen) atoms. The maximum atomic E-state index is 10.7. The maximum Gasteiger partial charge on any atom is 0.270 e. The molecule has 0 aliphatic rings. The van der Waals surface area contributed by atoms with Gasteiger partial charge in [0.1, 0.15) is 5.01 Å². The molecular formula is C15H15N3O2S. The molecular weight excluding hydrogens is 286 g/mol. The van der Waals surface area contributed by atoms with Crippen molar-refractivity contribution >= 4 is 32.9 Å². The van der Waals surface area contributed by atoms with Gasteiger partial charge in [0.15, 0.2) is 0 Å². The number of thiazole rings is 1. The number of fused-ring (bicyclic) bond motifs is 1. The summed E-state index contributed by atoms with van der Waals surface area (Å²) in [5.74, 6) is 0. The quantitative estimate of drug-likeness (QED) is 0.430. The van der Waals surface area contributed by atoms with E-state index < -0.39 is 4.92 Å². The van der Waals surface area contributed by atoms with Crippen LogP contribution in [-0.4, -0.2) is 9.91 Å². The Kier molecular flexibility index (Phi) is 4.49. The van der Waals surface area contributed by atoms with Gasteiger partial charge in [0.05, 0.1) is 15.1 Å². The lowest BCUT2D eigenvalue weighted by Gasteiger charge is -1.95. The summed E-state index contributed by atoms with van der Waals surface area (Å²) in [6.07, 6.45) is 0. The first-order valence-electron chi connectivity index (χ1n) is 6.54. The Morgan fingerprint density at radius 3 is 2.43 bits per heavy atom. The summed E-state index contributed by atoms with van der Waals surface area (Å²) in [6.45, 7) is 4.00. The zero-order chi connectivity index (χ0) is 15.4. The number of hydrogen-bond donors (Lipinski definition) is 1. The van der Waals surface area contributed by atoms with Crippen LogP contribution in [0.2, 0.25) is 0 Å². The molecule has 0 fully saturated rings. The number of nitrogens with zero attached hydrogens (tertiary/aromatic N) is 2. The highest BCUT2D eigenvalue weighted by molar-refractivity contribution is 7.21. The van der Waals surface area contributed by atoms with E-state index >= 15 is 0 Å². The monoisotopic (exact) mass is 301 g/mol. The number of non-ortho nitro benzene ring substituents is 1. The van der Waals surface area contributed by atoms with Crippen molar-refractivity contribution in [2.45, 2.75) is 13.8 Å². The Morgan fingerprint density at radius 1 is 1.14 bits per heavy atom. The number of rotatable bonds is 2. The van der Waals surface area contributed by atoms with Crippen molar-refractivity contribution in [2.75, 3.05) is 5.73 Å². The molecule has 0 unspecified atom stereocenters. The normalized spacial score (nSPS) is 10.0. The van der Waals surface area contributed by atoms with Crippen LogP contribution in [0.15, 0.2) is 42.5 Å². The van der Waals surface area contributed by atoms with Crippen molar-refractivity contribution in [3.63, 3.8) is 0 Å². The number of hydrogen-bond acceptors (Lipinski definition) is 5. The fourth-order valence-corrected chi connectivity index (χ4v) is 2.78. The van der Waals surface area contributed by atoms with Gasteiger partial charge in [-0.2, -0.15) is 0 Å². The standard InChI is InChI=1S/C13H9N3O2S.C2H6/c14-9-3-1-8(2-4-9)13-15-11-6-5-10(16(17)18)7-12(11)19-13;1-2/h1-7H,14H2;1-2H3. The van der Waals surface area contributed by atoms with Gasteiger partial charge in [-0.15, -0.1) is 11.3 Å². The third kappa shape index (κ3) is 3.17. The number of aromatic nitrogens is 1. The van der Waals surface area contributed by atoms with Crippen LogP contribution >= 0.6 is 11.3 Å². The van der Waals surface area contributed by atoms with Crippen molar-refractivity contribution in [3.8, 4) is 10.6 Å². The number of nitrogens with two attached hydrogens (primary N) is 1. The van der Waals surface area contributed by atoms with E-state index in [4.69, 9.17) is 5.73 Å². The third-order valence-electron chi connectivity index (χ3n) is 2.74. The summed E-state index contributed by atoms with van der Waals surface area (Å²) in [4.78, 5) is 14.8. The summed E-state index contributed by atoms with van der Waals surface area (Å²) < 4.78 is 0.807. The first-order valence-corrected chi connectivity index (χ1v) is 7.36. The molecule has 0 amide bonds. The van der Waals surface area contributed by atoms with Gasteiger partial charge in [-0.1, -0.05) is 13.8 Å². The van der Waals surface area contributed by atoms with E-state index in [0.29, 0.717) is 5.69 Å². The summed E-state index contributed by atoms with van der Waals surface area (Å²) in [5, 5.41) is 11.6. The summed E-state index contributed by atoms with van der Waals surface area (Å²) in [5.41, 5.74) is 8.14. The highest BCUT2D eigenvalue weighted by atomic mass is 32.1. The Balaban J connectivity index is 0.000000774. The zero-order valence-electron chi connectivity index (χ0n) is 11.7. The second kappa shape index (κ2) is 6.32. The molecule has 3 aromatic rings. The minimum Gasteiger partial charge on any atom is -0.399 e. The van der Waals surface area contributed by atoms with E-state index in [-0.39, 0.29) is 5.69 Å². The van der Waals surface area contributed by atoms with Crippen molar-refractivity contribution in [3.05, 3.63) is 52.6 Å². The largest absolute Gasteiger partial charge is 0.399 e. The number of anilines is 1. The topological polar surface area (TPSA) is 82.0 Å². The second-order valence-corrected chi connectivity index (χ2v) is 5.08. The van der Waals surface area contributed by atoms with E-state index in [1.807, 2.05) is 38.1 Å². The summed E-state index contributed by atoms with van der Waals surface area (Å²) >= 11 is 1.43. The van der Waals surface area contributed by atoms with Gasteiger partial charge in [-0.3, -0.25) is 10.1 Å². The van der Waals surface area contributed by atoms with Crippen LogP contribution < -0.4 is 5.73 Å². The fraction of sp³-hybridized carbons (Fsp3) is 0.133. The Labute approximate surface area is 126 Å². The minimum absolute atomic E-state index is 0.0833. The van der Waals surface area contributed by atoms with Crippen molar-refractivity contribution in [2.24, 2.45) is 0 Å². The molecule has 0 bridgehead atoms. The maximum absolute atomic E-state index is 10.7. The molecule has 0 saturated carbocycles. The van der Waals surface area contributed by atoms with Gasteiger partial charge in [-0.05, 0) is 30.3 Å². The number of benzene rings is 2. The van der Waals surface area contributed by atoms with E-state index in [1.54, 1.807) is 12.1 Å². The van der Waals surface area contributed by atoms with Gasteiger partial charge in [0, 0.05) is 23.4 Å². The van der Waals surface area contributed by atoms with Crippen molar-refractivity contribution < 1.29 is 4.92 Å². The van der Waals surface area contributed by atoms with Crippen LogP contribution in [0.1, 0.15) is 13.8 Å². The molecule has 0 atom stereocenters. The van der Waals surface area contributed by atoms with Crippen LogP contribution in [0.4, 0.5) is 11.4 Å². The lowest BCUT2D eigenvalue weighted by molar-refractivity contribution is -0.384. The van der Waals surface area contributed by atoms with Crippen molar-refractivity contribution in [1.29, 1.82) is 0 Å². The van der Waals surface area contributed by atoms with E-state index in [1.165, 1.54) is 17.4 Å². The molecule has 2 N–H and O–H groups in total. The molecule has 0 spiro atoms. The second-order valence-electron chi connectivity index (χ2n) is 4.05. The lowest BCUT2D eigenvalue weighted by atomic mass is 10.2. The predicted molar refractivity (Wildman–Crippen MR) is 87.5 cm³/mol. The van der Waals surface area contributed by atoms with Crippen LogP contribution in [0.5, 0.6) is 0 Å². The van der Waals surface area contributed by atoms with Crippen LogP contribution in [-0.2, 0) is 0 Å². The highest BCUT2D eigenvalue weighted by Crippen LogP contribution is 2.32. The molecule has 1 heterocycles. The SMILES string of the molecule is CC.Nc1ccc(-c2nc3ccc([N+](=O)[O-])cc3s2)cc1. The fourth-order valence-electron chi connectivity index (χ4n) is 1.78. The van der Waals surface area contributed by atoms with Crippen LogP contribution in [0.25, 0.3) is 20.8 Å². The smallest absolute Gasteiger partial charge is 0.270 e. The van der Waals surface area contributed by atoms with Gasteiger partial charge in [0.2, 0.25) is 0 Å². The van der Waals surface area contributed by atoms with Gasteiger partial charge >= 0.3 is 0 Å². The first kappa shape index (κ1) is 14.9. The molecule has 6 heteroatoms. The van der Waals surface area contributed by atoms with Gasteiger partial charge < -0.3 is 5.73 Å². The van der Waals surface area contributed by atoms with Crippen molar-refractivity contribution in [1.82, 2.24) is 4.98 Å². The van der Waals surface area contributed by atoms with Gasteiger partial charge in [0.25, 0.3) is 5.69 Å². The Morgan fingerprint density at radius 2 is 1.81 bits per heavy atom. The van der Waals surface area contributed by atoms with E-state index in [9.17, 15) is 10.1 Å². The molecule has 3 rings (SSSR count). The minimum atomic E-state index is -0.401. The molecule has 0 radical (unpaired) electrons.